The minimum atomic E-state index is -1.61. The number of ketones is 1. The van der Waals surface area contributed by atoms with Gasteiger partial charge in [-0.25, -0.2) is 4.39 Å². The first-order valence-electron chi connectivity index (χ1n) is 10.0. The first kappa shape index (κ1) is 19.1. The number of halogens is 1. The van der Waals surface area contributed by atoms with Crippen molar-refractivity contribution in [1.82, 2.24) is 0 Å². The monoisotopic (exact) mass is 414 g/mol. The molecule has 2 aromatic carbocycles. The van der Waals surface area contributed by atoms with Crippen molar-refractivity contribution in [2.75, 3.05) is 16.8 Å². The van der Waals surface area contributed by atoms with Gasteiger partial charge in [0.15, 0.2) is 5.78 Å². The lowest BCUT2D eigenvalue weighted by molar-refractivity contribution is -0.124. The molecule has 2 heterocycles. The van der Waals surface area contributed by atoms with Gasteiger partial charge in [0.05, 0.1) is 11.3 Å². The highest BCUT2D eigenvalue weighted by Crippen LogP contribution is 2.56. The number of benzene rings is 2. The zero-order valence-corrected chi connectivity index (χ0v) is 16.9. The standard InChI is InChI=1S/C24H19FN4O2/c1-28-17-9-4-2-7-14(17)24(23(28)31)15(13-26)22(27)29(18-10-5-3-8-16(18)25)19-11-6-12-20(30)21(19)24/h2-5,7-10H,6,11-12,27H2,1H3/t24-/m0/s1. The van der Waals surface area contributed by atoms with Crippen molar-refractivity contribution in [3.8, 4) is 6.07 Å². The van der Waals surface area contributed by atoms with E-state index >= 15 is 0 Å². The predicted octanol–water partition coefficient (Wildman–Crippen LogP) is 3.26. The quantitative estimate of drug-likeness (QED) is 0.774. The molecule has 1 amide bonds. The van der Waals surface area contributed by atoms with E-state index in [1.165, 1.54) is 15.9 Å². The Bertz CT molecular complexity index is 1270. The number of anilines is 2. The fourth-order valence-corrected chi connectivity index (χ4v) is 5.14. The first-order chi connectivity index (χ1) is 14.9. The van der Waals surface area contributed by atoms with Gasteiger partial charge in [0.1, 0.15) is 23.1 Å². The molecule has 1 atom stereocenters. The summed E-state index contributed by atoms with van der Waals surface area (Å²) in [6, 6.07) is 15.3. The number of carbonyl (C=O) groups excluding carboxylic acids is 2. The third-order valence-corrected chi connectivity index (χ3v) is 6.40. The van der Waals surface area contributed by atoms with E-state index in [0.29, 0.717) is 29.8 Å². The summed E-state index contributed by atoms with van der Waals surface area (Å²) in [7, 11) is 1.62. The highest BCUT2D eigenvalue weighted by Gasteiger charge is 2.61. The molecular weight excluding hydrogens is 395 g/mol. The second-order valence-corrected chi connectivity index (χ2v) is 7.89. The number of rotatable bonds is 1. The molecule has 5 rings (SSSR count). The van der Waals surface area contributed by atoms with E-state index in [9.17, 15) is 19.2 Å². The minimum absolute atomic E-state index is 0.0282. The van der Waals surface area contributed by atoms with Crippen molar-refractivity contribution in [1.29, 1.82) is 5.26 Å². The molecule has 1 aliphatic carbocycles. The maximum Gasteiger partial charge on any atom is 0.247 e. The molecule has 0 aromatic heterocycles. The van der Waals surface area contributed by atoms with E-state index in [0.717, 1.165) is 0 Å². The summed E-state index contributed by atoms with van der Waals surface area (Å²) >= 11 is 0. The number of hydrogen-bond acceptors (Lipinski definition) is 5. The molecule has 2 aromatic rings. The number of hydrogen-bond donors (Lipinski definition) is 1. The molecule has 0 saturated carbocycles. The normalized spacial score (nSPS) is 22.7. The molecular formula is C24H19FN4O2. The van der Waals surface area contributed by atoms with Gasteiger partial charge in [0.2, 0.25) is 5.91 Å². The van der Waals surface area contributed by atoms with Gasteiger partial charge in [-0.2, -0.15) is 5.26 Å². The molecule has 154 valence electrons. The third-order valence-electron chi connectivity index (χ3n) is 6.40. The lowest BCUT2D eigenvalue weighted by Gasteiger charge is -2.43. The van der Waals surface area contributed by atoms with Crippen LogP contribution >= 0.6 is 0 Å². The van der Waals surface area contributed by atoms with E-state index in [-0.39, 0.29) is 34.9 Å². The van der Waals surface area contributed by atoms with Gasteiger partial charge in [0.25, 0.3) is 0 Å². The smallest absolute Gasteiger partial charge is 0.247 e. The lowest BCUT2D eigenvalue weighted by Crippen LogP contribution is -2.52. The molecule has 2 N–H and O–H groups in total. The summed E-state index contributed by atoms with van der Waals surface area (Å²) in [6.45, 7) is 0. The van der Waals surface area contributed by atoms with Crippen LogP contribution in [0.4, 0.5) is 15.8 Å². The van der Waals surface area contributed by atoms with Gasteiger partial charge in [-0.3, -0.25) is 14.5 Å². The Balaban J connectivity index is 1.92. The van der Waals surface area contributed by atoms with Crippen LogP contribution in [0.15, 0.2) is 71.2 Å². The van der Waals surface area contributed by atoms with Crippen molar-refractivity contribution in [2.24, 2.45) is 5.73 Å². The summed E-state index contributed by atoms with van der Waals surface area (Å²) < 4.78 is 14.8. The number of likely N-dealkylation sites (N-methyl/N-ethyl adjacent to an activating group) is 1. The van der Waals surface area contributed by atoms with Gasteiger partial charge in [-0.15, -0.1) is 0 Å². The Kier molecular flexibility index (Phi) is 4.02. The molecule has 1 spiro atoms. The summed E-state index contributed by atoms with van der Waals surface area (Å²) in [6.07, 6.45) is 1.25. The number of nitriles is 1. The van der Waals surface area contributed by atoms with Crippen LogP contribution in [0.3, 0.4) is 0 Å². The van der Waals surface area contributed by atoms with Crippen molar-refractivity contribution in [2.45, 2.75) is 24.7 Å². The van der Waals surface area contributed by atoms with Crippen molar-refractivity contribution < 1.29 is 14.0 Å². The van der Waals surface area contributed by atoms with Crippen molar-refractivity contribution in [3.63, 3.8) is 0 Å². The summed E-state index contributed by atoms with van der Waals surface area (Å²) in [5.41, 5.74) is 6.88. The Morgan fingerprint density at radius 1 is 1.06 bits per heavy atom. The van der Waals surface area contributed by atoms with E-state index in [1.807, 2.05) is 0 Å². The van der Waals surface area contributed by atoms with Crippen LogP contribution in [0.5, 0.6) is 0 Å². The molecule has 0 saturated heterocycles. The van der Waals surface area contributed by atoms with E-state index in [4.69, 9.17) is 5.73 Å². The first-order valence-corrected chi connectivity index (χ1v) is 10.0. The van der Waals surface area contributed by atoms with Crippen LogP contribution in [-0.4, -0.2) is 18.7 Å². The van der Waals surface area contributed by atoms with Crippen LogP contribution in [0, 0.1) is 17.1 Å². The maximum absolute atomic E-state index is 14.8. The van der Waals surface area contributed by atoms with Crippen molar-refractivity contribution >= 4 is 23.1 Å². The molecule has 0 radical (unpaired) electrons. The van der Waals surface area contributed by atoms with Gasteiger partial charge >= 0.3 is 0 Å². The number of allylic oxidation sites excluding steroid dienone is 1. The number of amides is 1. The van der Waals surface area contributed by atoms with Crippen LogP contribution in [-0.2, 0) is 15.0 Å². The molecule has 7 heteroatoms. The van der Waals surface area contributed by atoms with E-state index in [1.54, 1.807) is 49.5 Å². The van der Waals surface area contributed by atoms with E-state index < -0.39 is 17.1 Å². The average Bonchev–Trinajstić information content (AvgIpc) is 2.98. The molecule has 2 aliphatic heterocycles. The zero-order valence-electron chi connectivity index (χ0n) is 16.9. The number of Topliss-reactive ketones (excluding diaryl/α,β-unsaturated/α-hetero) is 1. The minimum Gasteiger partial charge on any atom is -0.384 e. The fourth-order valence-electron chi connectivity index (χ4n) is 5.14. The van der Waals surface area contributed by atoms with Gasteiger partial charge < -0.3 is 10.6 Å². The fraction of sp³-hybridized carbons (Fsp3) is 0.208. The Hall–Kier alpha value is -3.92. The van der Waals surface area contributed by atoms with Gasteiger partial charge in [0, 0.05) is 36.0 Å². The number of nitrogens with zero attached hydrogens (tertiary/aromatic N) is 3. The largest absolute Gasteiger partial charge is 0.384 e. The topological polar surface area (TPSA) is 90.4 Å². The molecule has 6 nitrogen and oxygen atoms in total. The molecule has 31 heavy (non-hydrogen) atoms. The molecule has 0 unspecified atom stereocenters. The van der Waals surface area contributed by atoms with E-state index in [2.05, 4.69) is 6.07 Å². The van der Waals surface area contributed by atoms with Crippen LogP contribution in [0.1, 0.15) is 24.8 Å². The number of fused-ring (bicyclic) bond motifs is 3. The number of para-hydroxylation sites is 2. The Morgan fingerprint density at radius 2 is 1.74 bits per heavy atom. The number of nitrogens with two attached hydrogens (primary N) is 1. The molecule has 0 fully saturated rings. The molecule has 0 bridgehead atoms. The summed E-state index contributed by atoms with van der Waals surface area (Å²) in [5.74, 6) is -1.18. The lowest BCUT2D eigenvalue weighted by atomic mass is 9.64. The summed E-state index contributed by atoms with van der Waals surface area (Å²) in [5, 5.41) is 10.2. The second kappa shape index (κ2) is 6.54. The van der Waals surface area contributed by atoms with Gasteiger partial charge in [-0.1, -0.05) is 30.3 Å². The Morgan fingerprint density at radius 3 is 2.45 bits per heavy atom. The second-order valence-electron chi connectivity index (χ2n) is 7.89. The summed E-state index contributed by atoms with van der Waals surface area (Å²) in [4.78, 5) is 30.0. The predicted molar refractivity (Wildman–Crippen MR) is 113 cm³/mol. The highest BCUT2D eigenvalue weighted by molar-refractivity contribution is 6.20. The zero-order chi connectivity index (χ0) is 21.9. The van der Waals surface area contributed by atoms with Crippen LogP contribution in [0.2, 0.25) is 0 Å². The maximum atomic E-state index is 14.8. The Labute approximate surface area is 178 Å². The average molecular weight is 414 g/mol. The van der Waals surface area contributed by atoms with Gasteiger partial charge in [-0.05, 0) is 31.0 Å². The molecule has 3 aliphatic rings. The third kappa shape index (κ3) is 2.24. The van der Waals surface area contributed by atoms with Crippen LogP contribution < -0.4 is 15.5 Å². The SMILES string of the molecule is CN1C(=O)[C@]2(C(C#N)=C(N)N(c3ccccc3F)C3=C2C(=O)CCC3)c2ccccc21. The van der Waals surface area contributed by atoms with Crippen molar-refractivity contribution in [3.05, 3.63) is 82.6 Å². The van der Waals surface area contributed by atoms with Crippen LogP contribution in [0.25, 0.3) is 0 Å². The highest BCUT2D eigenvalue weighted by atomic mass is 19.1. The number of carbonyl (C=O) groups is 2.